The molecule has 0 saturated carbocycles. The fraction of sp³-hybridized carbons (Fsp3) is 0.444. The van der Waals surface area contributed by atoms with Crippen molar-refractivity contribution in [1.29, 1.82) is 0 Å². The molecule has 5 rings (SSSR count). The van der Waals surface area contributed by atoms with E-state index in [1.54, 1.807) is 18.2 Å². The third-order valence-electron chi connectivity index (χ3n) is 7.14. The highest BCUT2D eigenvalue weighted by atomic mass is 16.1. The molecule has 178 valence electrons. The van der Waals surface area contributed by atoms with Crippen LogP contribution in [0.1, 0.15) is 48.8 Å². The molecule has 0 atom stereocenters. The third kappa shape index (κ3) is 4.57. The van der Waals surface area contributed by atoms with Crippen LogP contribution < -0.4 is 15.8 Å². The zero-order chi connectivity index (χ0) is 23.5. The van der Waals surface area contributed by atoms with Crippen molar-refractivity contribution in [2.75, 3.05) is 42.9 Å². The number of nitrogens with one attached hydrogen (secondary N) is 1. The summed E-state index contributed by atoms with van der Waals surface area (Å²) in [5, 5.41) is 3.68. The van der Waals surface area contributed by atoms with E-state index in [0.717, 1.165) is 82.2 Å². The Morgan fingerprint density at radius 3 is 2.59 bits per heavy atom. The standard InChI is InChI=1S/C27H33N5O2/c1-2-30-15-17-31(18-16-30)24-10-7-6-9-22(24)29-26(33)20-12-13-21-23(19-20)28-25-11-5-3-4-8-14-32(25)27(21)34/h6-7,9-10,12-13,19H,2-5,8,11,14-18H2,1H3,(H,29,33). The lowest BCUT2D eigenvalue weighted by Gasteiger charge is -2.36. The van der Waals surface area contributed by atoms with Gasteiger partial charge >= 0.3 is 0 Å². The molecular weight excluding hydrogens is 426 g/mol. The molecule has 0 aliphatic carbocycles. The minimum Gasteiger partial charge on any atom is -0.367 e. The lowest BCUT2D eigenvalue weighted by atomic mass is 10.1. The van der Waals surface area contributed by atoms with Crippen LogP contribution in [-0.4, -0.2) is 53.1 Å². The zero-order valence-corrected chi connectivity index (χ0v) is 19.9. The quantitative estimate of drug-likeness (QED) is 0.641. The Labute approximate surface area is 200 Å². The number of para-hydroxylation sites is 2. The first-order chi connectivity index (χ1) is 16.6. The number of aryl methyl sites for hydroxylation is 1. The van der Waals surface area contributed by atoms with Crippen LogP contribution in [0.25, 0.3) is 10.9 Å². The number of fused-ring (bicyclic) bond motifs is 2. The predicted molar refractivity (Wildman–Crippen MR) is 137 cm³/mol. The Bertz CT molecular complexity index is 1240. The largest absolute Gasteiger partial charge is 0.367 e. The van der Waals surface area contributed by atoms with Gasteiger partial charge in [0.15, 0.2) is 0 Å². The summed E-state index contributed by atoms with van der Waals surface area (Å²) in [5.41, 5.74) is 2.98. The number of carbonyl (C=O) groups is 1. The molecule has 34 heavy (non-hydrogen) atoms. The second-order valence-electron chi connectivity index (χ2n) is 9.27. The van der Waals surface area contributed by atoms with Crippen molar-refractivity contribution in [3.05, 3.63) is 64.2 Å². The molecule has 1 aromatic heterocycles. The molecule has 2 aliphatic rings. The summed E-state index contributed by atoms with van der Waals surface area (Å²) in [7, 11) is 0. The van der Waals surface area contributed by atoms with E-state index in [0.29, 0.717) is 16.5 Å². The average Bonchev–Trinajstić information content (AvgIpc) is 2.85. The normalized spacial score (nSPS) is 17.1. The van der Waals surface area contributed by atoms with E-state index in [-0.39, 0.29) is 11.5 Å². The molecule has 7 heteroatoms. The van der Waals surface area contributed by atoms with E-state index >= 15 is 0 Å². The first-order valence-electron chi connectivity index (χ1n) is 12.5. The summed E-state index contributed by atoms with van der Waals surface area (Å²) in [5.74, 6) is 0.654. The van der Waals surface area contributed by atoms with Crippen LogP contribution in [0.3, 0.4) is 0 Å². The second-order valence-corrected chi connectivity index (χ2v) is 9.27. The van der Waals surface area contributed by atoms with Crippen molar-refractivity contribution in [1.82, 2.24) is 14.5 Å². The van der Waals surface area contributed by atoms with Crippen LogP contribution in [0.2, 0.25) is 0 Å². The van der Waals surface area contributed by atoms with Gasteiger partial charge in [0.25, 0.3) is 11.5 Å². The summed E-state index contributed by atoms with van der Waals surface area (Å²) >= 11 is 0. The number of piperazine rings is 1. The molecule has 0 spiro atoms. The summed E-state index contributed by atoms with van der Waals surface area (Å²) in [6, 6.07) is 13.2. The minimum atomic E-state index is -0.185. The second kappa shape index (κ2) is 9.97. The van der Waals surface area contributed by atoms with E-state index in [1.807, 2.05) is 22.8 Å². The number of anilines is 2. The first kappa shape index (κ1) is 22.6. The number of carbonyl (C=O) groups excluding carboxylic acids is 1. The SMILES string of the molecule is CCN1CCN(c2ccccc2NC(=O)c2ccc3c(=O)n4c(nc3c2)CCCCCC4)CC1. The third-order valence-corrected chi connectivity index (χ3v) is 7.14. The van der Waals surface area contributed by atoms with E-state index in [1.165, 1.54) is 6.42 Å². The number of hydrogen-bond acceptors (Lipinski definition) is 5. The van der Waals surface area contributed by atoms with Gasteiger partial charge in [0.05, 0.1) is 22.3 Å². The molecule has 0 radical (unpaired) electrons. The van der Waals surface area contributed by atoms with Gasteiger partial charge in [-0.25, -0.2) is 4.98 Å². The van der Waals surface area contributed by atoms with Gasteiger partial charge in [0.1, 0.15) is 5.82 Å². The van der Waals surface area contributed by atoms with Gasteiger partial charge in [-0.2, -0.15) is 0 Å². The maximum Gasteiger partial charge on any atom is 0.261 e. The van der Waals surface area contributed by atoms with Crippen LogP contribution in [0.5, 0.6) is 0 Å². The Morgan fingerprint density at radius 1 is 0.971 bits per heavy atom. The number of aromatic nitrogens is 2. The monoisotopic (exact) mass is 459 g/mol. The Morgan fingerprint density at radius 2 is 1.76 bits per heavy atom. The van der Waals surface area contributed by atoms with Crippen LogP contribution in [0, 0.1) is 0 Å². The highest BCUT2D eigenvalue weighted by Gasteiger charge is 2.20. The van der Waals surface area contributed by atoms with Gasteiger partial charge in [-0.1, -0.05) is 31.9 Å². The van der Waals surface area contributed by atoms with E-state index in [9.17, 15) is 9.59 Å². The molecule has 7 nitrogen and oxygen atoms in total. The number of hydrogen-bond donors (Lipinski definition) is 1. The number of rotatable bonds is 4. The van der Waals surface area contributed by atoms with Crippen molar-refractivity contribution < 1.29 is 4.79 Å². The Kier molecular flexibility index (Phi) is 6.63. The maximum absolute atomic E-state index is 13.2. The topological polar surface area (TPSA) is 70.5 Å². The number of nitrogens with zero attached hydrogens (tertiary/aromatic N) is 4. The van der Waals surface area contributed by atoms with E-state index < -0.39 is 0 Å². The van der Waals surface area contributed by atoms with Gasteiger partial charge in [0, 0.05) is 44.7 Å². The summed E-state index contributed by atoms with van der Waals surface area (Å²) in [4.78, 5) is 35.9. The van der Waals surface area contributed by atoms with Crippen LogP contribution in [-0.2, 0) is 13.0 Å². The highest BCUT2D eigenvalue weighted by molar-refractivity contribution is 6.07. The molecule has 1 fully saturated rings. The number of amides is 1. The highest BCUT2D eigenvalue weighted by Crippen LogP contribution is 2.27. The van der Waals surface area contributed by atoms with Crippen molar-refractivity contribution in [2.24, 2.45) is 0 Å². The molecule has 1 saturated heterocycles. The Hall–Kier alpha value is -3.19. The summed E-state index contributed by atoms with van der Waals surface area (Å²) < 4.78 is 1.83. The molecule has 1 N–H and O–H groups in total. The zero-order valence-electron chi connectivity index (χ0n) is 19.9. The average molecular weight is 460 g/mol. The fourth-order valence-electron chi connectivity index (χ4n) is 5.09. The van der Waals surface area contributed by atoms with Gasteiger partial charge in [0.2, 0.25) is 0 Å². The molecule has 1 amide bonds. The fourth-order valence-corrected chi connectivity index (χ4v) is 5.09. The molecule has 2 aliphatic heterocycles. The number of benzene rings is 2. The molecule has 0 unspecified atom stereocenters. The minimum absolute atomic E-state index is 0.00502. The molecule has 3 aromatic rings. The van der Waals surface area contributed by atoms with E-state index in [2.05, 4.69) is 28.1 Å². The summed E-state index contributed by atoms with van der Waals surface area (Å²) in [6.45, 7) is 7.91. The van der Waals surface area contributed by atoms with Crippen LogP contribution in [0.4, 0.5) is 11.4 Å². The van der Waals surface area contributed by atoms with Crippen LogP contribution in [0.15, 0.2) is 47.3 Å². The Balaban J connectivity index is 1.40. The van der Waals surface area contributed by atoms with Gasteiger partial charge in [-0.3, -0.25) is 14.2 Å². The maximum atomic E-state index is 13.2. The lowest BCUT2D eigenvalue weighted by molar-refractivity contribution is 0.102. The van der Waals surface area contributed by atoms with Crippen molar-refractivity contribution >= 4 is 28.2 Å². The first-order valence-corrected chi connectivity index (χ1v) is 12.5. The molecule has 2 aromatic carbocycles. The van der Waals surface area contributed by atoms with Gasteiger partial charge in [-0.15, -0.1) is 0 Å². The van der Waals surface area contributed by atoms with Crippen LogP contribution >= 0.6 is 0 Å². The molecular formula is C27H33N5O2. The van der Waals surface area contributed by atoms with Crippen molar-refractivity contribution in [3.8, 4) is 0 Å². The number of likely N-dealkylation sites (N-methyl/N-ethyl adjacent to an activating group) is 1. The van der Waals surface area contributed by atoms with Crippen molar-refractivity contribution in [3.63, 3.8) is 0 Å². The van der Waals surface area contributed by atoms with E-state index in [4.69, 9.17) is 4.98 Å². The summed E-state index contributed by atoms with van der Waals surface area (Å²) in [6.07, 6.45) is 5.18. The smallest absolute Gasteiger partial charge is 0.261 e. The van der Waals surface area contributed by atoms with Gasteiger partial charge in [-0.05, 0) is 49.7 Å². The molecule has 0 bridgehead atoms. The van der Waals surface area contributed by atoms with Crippen molar-refractivity contribution in [2.45, 2.75) is 45.6 Å². The van der Waals surface area contributed by atoms with Gasteiger partial charge < -0.3 is 15.1 Å². The molecule has 3 heterocycles. The predicted octanol–water partition coefficient (Wildman–Crippen LogP) is 3.91. The lowest BCUT2D eigenvalue weighted by Crippen LogP contribution is -2.46.